The number of hydrogen-bond donors (Lipinski definition) is 1. The van der Waals surface area contributed by atoms with E-state index in [2.05, 4.69) is 5.32 Å². The number of ether oxygens (including phenoxy) is 1. The molecule has 3 aromatic carbocycles. The van der Waals surface area contributed by atoms with Crippen molar-refractivity contribution in [3.8, 4) is 5.75 Å². The molecule has 3 atom stereocenters. The molecule has 0 aliphatic carbocycles. The molecule has 0 saturated carbocycles. The Morgan fingerprint density at radius 2 is 1.71 bits per heavy atom. The Kier molecular flexibility index (Phi) is 8.23. The summed E-state index contributed by atoms with van der Waals surface area (Å²) in [5.41, 5.74) is -0.426. The van der Waals surface area contributed by atoms with Gasteiger partial charge in [0.05, 0.1) is 39.3 Å². The van der Waals surface area contributed by atoms with Crippen molar-refractivity contribution in [2.45, 2.75) is 28.9 Å². The van der Waals surface area contributed by atoms with Gasteiger partial charge in [-0.15, -0.1) is 0 Å². The molecule has 3 amide bonds. The van der Waals surface area contributed by atoms with Crippen LogP contribution in [0.4, 0.5) is 24.5 Å². The van der Waals surface area contributed by atoms with Gasteiger partial charge in [0.1, 0.15) is 17.5 Å². The molecule has 6 rings (SSSR count). The molecule has 2 aliphatic heterocycles. The van der Waals surface area contributed by atoms with Crippen LogP contribution in [0.3, 0.4) is 0 Å². The van der Waals surface area contributed by atoms with Crippen LogP contribution >= 0.6 is 46.3 Å². The van der Waals surface area contributed by atoms with Crippen LogP contribution in [0, 0.1) is 5.92 Å². The number of thiazole rings is 1. The van der Waals surface area contributed by atoms with Gasteiger partial charge in [0.15, 0.2) is 0 Å². The van der Waals surface area contributed by atoms with Crippen LogP contribution < -0.4 is 19.8 Å². The Hall–Kier alpha value is -3.78. The number of anilines is 2. The summed E-state index contributed by atoms with van der Waals surface area (Å²) in [6.45, 7) is -0.406. The summed E-state index contributed by atoms with van der Waals surface area (Å²) in [7, 11) is 1.51. The van der Waals surface area contributed by atoms with E-state index in [-0.39, 0.29) is 20.8 Å². The highest BCUT2D eigenvalue weighted by Gasteiger charge is 2.57. The molecule has 8 nitrogen and oxygen atoms in total. The van der Waals surface area contributed by atoms with Gasteiger partial charge < -0.3 is 10.1 Å². The normalized spacial score (nSPS) is 19.3. The Labute approximate surface area is 271 Å². The van der Waals surface area contributed by atoms with Crippen molar-refractivity contribution in [3.05, 3.63) is 102 Å². The van der Waals surface area contributed by atoms with Crippen molar-refractivity contribution in [3.63, 3.8) is 0 Å². The van der Waals surface area contributed by atoms with Crippen LogP contribution in [0.15, 0.2) is 76.6 Å². The minimum Gasteiger partial charge on any atom is -0.497 e. The number of rotatable bonds is 6. The van der Waals surface area contributed by atoms with Crippen molar-refractivity contribution >= 4 is 75.4 Å². The lowest BCUT2D eigenvalue weighted by molar-refractivity contribution is -0.137. The number of nitrogens with one attached hydrogen (secondary N) is 1. The second-order valence-corrected chi connectivity index (χ2v) is 13.1. The third kappa shape index (κ3) is 5.62. The summed E-state index contributed by atoms with van der Waals surface area (Å²) in [6, 6.07) is 15.3. The van der Waals surface area contributed by atoms with E-state index < -0.39 is 58.0 Å². The number of methoxy groups -OCH3 is 1. The van der Waals surface area contributed by atoms with Crippen molar-refractivity contribution in [2.75, 3.05) is 17.3 Å². The van der Waals surface area contributed by atoms with Crippen molar-refractivity contribution in [2.24, 2.45) is 5.92 Å². The Balaban J connectivity index is 1.42. The van der Waals surface area contributed by atoms with E-state index in [0.29, 0.717) is 21.9 Å². The molecular formula is C30H20Cl2F3N3O5S2. The lowest BCUT2D eigenvalue weighted by Crippen LogP contribution is -2.33. The zero-order valence-corrected chi connectivity index (χ0v) is 26.1. The van der Waals surface area contributed by atoms with Crippen LogP contribution in [-0.4, -0.2) is 34.6 Å². The van der Waals surface area contributed by atoms with Crippen LogP contribution in [-0.2, 0) is 27.1 Å². The van der Waals surface area contributed by atoms with Gasteiger partial charge in [0.25, 0.3) is 0 Å². The molecule has 2 unspecified atom stereocenters. The molecule has 0 bridgehead atoms. The molecule has 1 saturated heterocycles. The molecule has 232 valence electrons. The predicted octanol–water partition coefficient (Wildman–Crippen LogP) is 6.68. The number of imide groups is 1. The van der Waals surface area contributed by atoms with Crippen molar-refractivity contribution < 1.29 is 32.3 Å². The van der Waals surface area contributed by atoms with Gasteiger partial charge >= 0.3 is 11.0 Å². The van der Waals surface area contributed by atoms with Crippen LogP contribution in [0.25, 0.3) is 0 Å². The lowest BCUT2D eigenvalue weighted by Gasteiger charge is -2.31. The summed E-state index contributed by atoms with van der Waals surface area (Å²) >= 11 is 14.7. The molecular weight excluding hydrogens is 674 g/mol. The van der Waals surface area contributed by atoms with E-state index in [1.165, 1.54) is 23.8 Å². The molecule has 1 aromatic heterocycles. The highest BCUT2D eigenvalue weighted by atomic mass is 35.5. The quantitative estimate of drug-likeness (QED) is 0.227. The maximum atomic E-state index is 14.0. The van der Waals surface area contributed by atoms with Crippen molar-refractivity contribution in [1.29, 1.82) is 0 Å². The molecule has 15 heteroatoms. The standard InChI is InChI=1S/C30H20Cl2F3N3O5S2/c1-43-17-10-8-15(9-11-17)36-20(39)13-37-28-25(45-29(37)42)21(18-6-3-7-19(31)23(18)32)22-24(44-28)27(41)38(26(22)40)16-5-2-4-14(12-16)30(33,34)35/h2-12,21-22,24H,13H2,1H3,(H,36,39)/t21-,22?,24?/m1/s1. The SMILES string of the molecule is COc1ccc(NC(=O)Cn2c3c(sc2=O)[C@H](c2cccc(Cl)c2Cl)C2C(=O)N(c4cccc(C(F)(F)F)c4)C(=O)C2S3)cc1. The fraction of sp³-hybridized carbons (Fsp3) is 0.200. The number of halogens is 5. The highest BCUT2D eigenvalue weighted by Crippen LogP contribution is 2.55. The van der Waals surface area contributed by atoms with Gasteiger partial charge in [-0.1, -0.05) is 64.5 Å². The van der Waals surface area contributed by atoms with Gasteiger partial charge in [-0.2, -0.15) is 13.2 Å². The molecule has 45 heavy (non-hydrogen) atoms. The van der Waals surface area contributed by atoms with Gasteiger partial charge in [-0.25, -0.2) is 4.90 Å². The van der Waals surface area contributed by atoms with Crippen molar-refractivity contribution in [1.82, 2.24) is 4.57 Å². The molecule has 0 spiro atoms. The number of alkyl halides is 3. The average molecular weight is 695 g/mol. The molecule has 2 aliphatic rings. The number of aromatic nitrogens is 1. The zero-order valence-electron chi connectivity index (χ0n) is 22.9. The van der Waals surface area contributed by atoms with E-state index in [0.717, 1.165) is 46.2 Å². The first kappa shape index (κ1) is 31.2. The van der Waals surface area contributed by atoms with Crippen LogP contribution in [0.5, 0.6) is 5.75 Å². The van der Waals surface area contributed by atoms with Gasteiger partial charge in [0, 0.05) is 16.5 Å². The molecule has 4 aromatic rings. The number of amides is 3. The average Bonchev–Trinajstić information content (AvgIpc) is 3.45. The number of hydrogen-bond acceptors (Lipinski definition) is 7. The molecule has 0 radical (unpaired) electrons. The Morgan fingerprint density at radius 3 is 2.40 bits per heavy atom. The summed E-state index contributed by atoms with van der Waals surface area (Å²) in [5, 5.41) is 2.13. The van der Waals surface area contributed by atoms with E-state index in [4.69, 9.17) is 27.9 Å². The fourth-order valence-electron chi connectivity index (χ4n) is 5.45. The van der Waals surface area contributed by atoms with Crippen LogP contribution in [0.2, 0.25) is 10.0 Å². The topological polar surface area (TPSA) is 97.7 Å². The third-order valence-electron chi connectivity index (χ3n) is 7.47. The molecule has 3 heterocycles. The predicted molar refractivity (Wildman–Crippen MR) is 166 cm³/mol. The largest absolute Gasteiger partial charge is 0.497 e. The lowest BCUT2D eigenvalue weighted by atomic mass is 9.83. The molecule has 1 fully saturated rings. The number of thioether (sulfide) groups is 1. The maximum Gasteiger partial charge on any atom is 0.416 e. The number of carbonyl (C=O) groups is 3. The Morgan fingerprint density at radius 1 is 1.00 bits per heavy atom. The van der Waals surface area contributed by atoms with Gasteiger partial charge in [-0.3, -0.25) is 23.7 Å². The van der Waals surface area contributed by atoms with E-state index >= 15 is 0 Å². The summed E-state index contributed by atoms with van der Waals surface area (Å²) < 4.78 is 46.9. The zero-order chi connectivity index (χ0) is 32.2. The first-order valence-corrected chi connectivity index (χ1v) is 15.7. The number of carbonyl (C=O) groups excluding carboxylic acids is 3. The van der Waals surface area contributed by atoms with Gasteiger partial charge in [-0.05, 0) is 54.1 Å². The monoisotopic (exact) mass is 693 g/mol. The summed E-state index contributed by atoms with van der Waals surface area (Å²) in [6.07, 6.45) is -4.70. The summed E-state index contributed by atoms with van der Waals surface area (Å²) in [5.74, 6) is -3.51. The second kappa shape index (κ2) is 11.9. The fourth-order valence-corrected chi connectivity index (χ4v) is 8.63. The number of nitrogens with zero attached hydrogens (tertiary/aromatic N) is 2. The first-order chi connectivity index (χ1) is 21.4. The van der Waals surface area contributed by atoms with E-state index in [1.807, 2.05) is 0 Å². The summed E-state index contributed by atoms with van der Waals surface area (Å²) in [4.78, 5) is 54.9. The van der Waals surface area contributed by atoms with E-state index in [9.17, 15) is 32.3 Å². The van der Waals surface area contributed by atoms with Gasteiger partial charge in [0.2, 0.25) is 17.7 Å². The van der Waals surface area contributed by atoms with Crippen LogP contribution in [0.1, 0.15) is 21.9 Å². The van der Waals surface area contributed by atoms with E-state index in [1.54, 1.807) is 36.4 Å². The number of fused-ring (bicyclic) bond motifs is 2. The highest BCUT2D eigenvalue weighted by molar-refractivity contribution is 8.00. The smallest absolute Gasteiger partial charge is 0.416 e. The first-order valence-electron chi connectivity index (χ1n) is 13.2. The molecule has 1 N–H and O–H groups in total. The number of benzene rings is 3. The minimum atomic E-state index is -4.70. The maximum absolute atomic E-state index is 14.0. The minimum absolute atomic E-state index is 0.100. The Bertz CT molecular complexity index is 1910. The second-order valence-electron chi connectivity index (χ2n) is 10.1. The third-order valence-corrected chi connectivity index (χ3v) is 10.9.